The van der Waals surface area contributed by atoms with Crippen LogP contribution in [-0.2, 0) is 11.0 Å². The predicted molar refractivity (Wildman–Crippen MR) is 76.4 cm³/mol. The first-order chi connectivity index (χ1) is 8.86. The van der Waals surface area contributed by atoms with Crippen molar-refractivity contribution in [3.8, 4) is 5.75 Å². The molecule has 0 heterocycles. The second-order valence-corrected chi connectivity index (χ2v) is 5.01. The van der Waals surface area contributed by atoms with Gasteiger partial charge >= 0.3 is 8.69 Å². The van der Waals surface area contributed by atoms with Gasteiger partial charge in [0.15, 0.2) is 0 Å². The molecule has 0 aliphatic rings. The van der Waals surface area contributed by atoms with Crippen LogP contribution in [0.3, 0.4) is 0 Å². The molecule has 0 atom stereocenters. The molecule has 18 heavy (non-hydrogen) atoms. The highest BCUT2D eigenvalue weighted by molar-refractivity contribution is 7.17. The summed E-state index contributed by atoms with van der Waals surface area (Å²) in [5, 5.41) is 0. The zero-order valence-corrected chi connectivity index (χ0v) is 12.1. The first-order valence-corrected chi connectivity index (χ1v) is 7.68. The van der Waals surface area contributed by atoms with E-state index in [1.54, 1.807) is 0 Å². The summed E-state index contributed by atoms with van der Waals surface area (Å²) in [6.45, 7) is 2.25. The molecule has 0 unspecified atom stereocenters. The van der Waals surface area contributed by atoms with E-state index in [4.69, 9.17) is 4.52 Å². The number of hydrogen-bond acceptors (Lipinski definition) is 2. The molecular formula is C15H23O2P. The second-order valence-electron chi connectivity index (χ2n) is 4.68. The van der Waals surface area contributed by atoms with Gasteiger partial charge in [-0.3, -0.25) is 0 Å². The molecule has 0 saturated carbocycles. The van der Waals surface area contributed by atoms with E-state index in [1.165, 1.54) is 50.5 Å². The van der Waals surface area contributed by atoms with Crippen molar-refractivity contribution < 1.29 is 9.09 Å². The summed E-state index contributed by atoms with van der Waals surface area (Å²) in [5.41, 5.74) is 1.33. The number of unbranched alkanes of at least 4 members (excludes halogenated alkanes) is 6. The van der Waals surface area contributed by atoms with Crippen molar-refractivity contribution in [3.05, 3.63) is 29.8 Å². The van der Waals surface area contributed by atoms with E-state index in [0.717, 1.165) is 6.42 Å². The van der Waals surface area contributed by atoms with Crippen LogP contribution in [0.1, 0.15) is 57.4 Å². The van der Waals surface area contributed by atoms with Crippen LogP contribution in [0, 0.1) is 0 Å². The lowest BCUT2D eigenvalue weighted by atomic mass is 10.0. The normalized spacial score (nSPS) is 10.7. The molecule has 0 radical (unpaired) electrons. The van der Waals surface area contributed by atoms with Gasteiger partial charge in [0.25, 0.3) is 0 Å². The summed E-state index contributed by atoms with van der Waals surface area (Å²) in [6, 6.07) is 7.86. The fourth-order valence-corrected chi connectivity index (χ4v) is 2.25. The van der Waals surface area contributed by atoms with Crippen LogP contribution in [0.5, 0.6) is 5.75 Å². The van der Waals surface area contributed by atoms with Gasteiger partial charge in [-0.15, -0.1) is 0 Å². The van der Waals surface area contributed by atoms with Crippen LogP contribution in [0.2, 0.25) is 0 Å². The van der Waals surface area contributed by atoms with Gasteiger partial charge in [0, 0.05) is 0 Å². The predicted octanol–water partition coefficient (Wildman–Crippen LogP) is 5.57. The summed E-state index contributed by atoms with van der Waals surface area (Å²) in [7, 11) is -0.288. The minimum absolute atomic E-state index is 0.288. The molecule has 0 N–H and O–H groups in total. The van der Waals surface area contributed by atoms with Crippen molar-refractivity contribution in [3.63, 3.8) is 0 Å². The molecule has 0 aliphatic heterocycles. The average molecular weight is 266 g/mol. The Hall–Kier alpha value is -0.880. The van der Waals surface area contributed by atoms with Gasteiger partial charge in [-0.05, 0) is 30.5 Å². The molecule has 0 fully saturated rings. The van der Waals surface area contributed by atoms with E-state index in [9.17, 15) is 4.57 Å². The van der Waals surface area contributed by atoms with Crippen LogP contribution in [0.4, 0.5) is 0 Å². The van der Waals surface area contributed by atoms with Crippen LogP contribution >= 0.6 is 8.69 Å². The largest absolute Gasteiger partial charge is 0.408 e. The van der Waals surface area contributed by atoms with Crippen LogP contribution < -0.4 is 4.52 Å². The molecule has 3 heteroatoms. The van der Waals surface area contributed by atoms with Crippen LogP contribution in [0.25, 0.3) is 0 Å². The molecule has 0 aliphatic carbocycles. The molecule has 1 aromatic rings. The Balaban J connectivity index is 2.09. The first-order valence-electron chi connectivity index (χ1n) is 6.95. The maximum atomic E-state index is 10.3. The standard InChI is InChI=1S/C15H23O2P/c1-2-3-4-5-6-7-8-9-14-10-12-15(13-11-14)17-18-16/h10-13H,2-9H2,1H3. The number of rotatable bonds is 10. The molecule has 100 valence electrons. The maximum absolute atomic E-state index is 10.3. The average Bonchev–Trinajstić information content (AvgIpc) is 2.40. The van der Waals surface area contributed by atoms with Crippen molar-refractivity contribution in [1.29, 1.82) is 0 Å². The van der Waals surface area contributed by atoms with E-state index in [0.29, 0.717) is 5.75 Å². The van der Waals surface area contributed by atoms with Crippen molar-refractivity contribution in [2.24, 2.45) is 0 Å². The number of aryl methyl sites for hydroxylation is 1. The highest BCUT2D eigenvalue weighted by atomic mass is 31.1. The quantitative estimate of drug-likeness (QED) is 0.409. The molecule has 0 spiro atoms. The summed E-state index contributed by atoms with van der Waals surface area (Å²) < 4.78 is 15.1. The fraction of sp³-hybridized carbons (Fsp3) is 0.600. The second kappa shape index (κ2) is 10.1. The lowest BCUT2D eigenvalue weighted by Gasteiger charge is -2.03. The monoisotopic (exact) mass is 266 g/mol. The highest BCUT2D eigenvalue weighted by Gasteiger charge is 1.96. The van der Waals surface area contributed by atoms with E-state index < -0.39 is 0 Å². The Kier molecular flexibility index (Phi) is 8.50. The van der Waals surface area contributed by atoms with Gasteiger partial charge in [-0.2, -0.15) is 0 Å². The van der Waals surface area contributed by atoms with E-state index >= 15 is 0 Å². The third-order valence-corrected chi connectivity index (χ3v) is 3.42. The van der Waals surface area contributed by atoms with Crippen molar-refractivity contribution >= 4 is 8.69 Å². The zero-order valence-electron chi connectivity index (χ0n) is 11.2. The molecule has 0 bridgehead atoms. The molecule has 0 saturated heterocycles. The number of hydrogen-bond donors (Lipinski definition) is 0. The highest BCUT2D eigenvalue weighted by Crippen LogP contribution is 2.17. The van der Waals surface area contributed by atoms with Crippen molar-refractivity contribution in [2.75, 3.05) is 0 Å². The third-order valence-electron chi connectivity index (χ3n) is 3.14. The van der Waals surface area contributed by atoms with Gasteiger partial charge in [-0.25, -0.2) is 4.57 Å². The zero-order chi connectivity index (χ0) is 13.1. The molecule has 1 rings (SSSR count). The smallest absolute Gasteiger partial charge is 0.395 e. The Morgan fingerprint density at radius 1 is 0.944 bits per heavy atom. The lowest BCUT2D eigenvalue weighted by Crippen LogP contribution is -1.86. The van der Waals surface area contributed by atoms with E-state index in [2.05, 4.69) is 19.1 Å². The maximum Gasteiger partial charge on any atom is 0.395 e. The molecule has 0 amide bonds. The Bertz CT molecular complexity index is 322. The topological polar surface area (TPSA) is 26.3 Å². The molecular weight excluding hydrogens is 243 g/mol. The van der Waals surface area contributed by atoms with E-state index in [-0.39, 0.29) is 8.69 Å². The molecule has 0 aromatic heterocycles. The Morgan fingerprint density at radius 3 is 2.17 bits per heavy atom. The summed E-state index contributed by atoms with van der Waals surface area (Å²) in [6.07, 6.45) is 10.5. The summed E-state index contributed by atoms with van der Waals surface area (Å²) in [4.78, 5) is 0. The first kappa shape index (κ1) is 15.2. The molecule has 2 nitrogen and oxygen atoms in total. The Morgan fingerprint density at radius 2 is 1.56 bits per heavy atom. The van der Waals surface area contributed by atoms with E-state index in [1.807, 2.05) is 12.1 Å². The third kappa shape index (κ3) is 6.76. The molecule has 1 aromatic carbocycles. The minimum Gasteiger partial charge on any atom is -0.408 e. The number of benzene rings is 1. The minimum atomic E-state index is -0.288. The van der Waals surface area contributed by atoms with Crippen LogP contribution in [-0.4, -0.2) is 0 Å². The summed E-state index contributed by atoms with van der Waals surface area (Å²) in [5.74, 6) is 0.662. The van der Waals surface area contributed by atoms with Gasteiger partial charge in [0.1, 0.15) is 5.75 Å². The Labute approximate surface area is 112 Å². The van der Waals surface area contributed by atoms with Gasteiger partial charge < -0.3 is 4.52 Å². The van der Waals surface area contributed by atoms with Crippen molar-refractivity contribution in [2.45, 2.75) is 58.3 Å². The lowest BCUT2D eigenvalue weighted by molar-refractivity contribution is 0.525. The van der Waals surface area contributed by atoms with Gasteiger partial charge in [0.2, 0.25) is 0 Å². The summed E-state index contributed by atoms with van der Waals surface area (Å²) >= 11 is 0. The fourth-order valence-electron chi connectivity index (χ4n) is 2.05. The van der Waals surface area contributed by atoms with Gasteiger partial charge in [0.05, 0.1) is 0 Å². The van der Waals surface area contributed by atoms with Crippen molar-refractivity contribution in [1.82, 2.24) is 0 Å². The van der Waals surface area contributed by atoms with Gasteiger partial charge in [-0.1, -0.05) is 57.6 Å². The van der Waals surface area contributed by atoms with Crippen LogP contribution in [0.15, 0.2) is 24.3 Å². The SMILES string of the molecule is CCCCCCCCCc1ccc(OP=O)cc1.